The first kappa shape index (κ1) is 20.3. The van der Waals surface area contributed by atoms with Gasteiger partial charge in [0.1, 0.15) is 11.8 Å². The molecule has 0 heterocycles. The number of carbonyl (C=O) groups is 2. The number of aliphatic imine (C=N–C) groups is 1. The van der Waals surface area contributed by atoms with Gasteiger partial charge in [0.15, 0.2) is 5.96 Å². The molecule has 0 aromatic heterocycles. The third kappa shape index (κ3) is 8.59. The first-order chi connectivity index (χ1) is 11.8. The van der Waals surface area contributed by atoms with Crippen LogP contribution in [0.4, 0.5) is 0 Å². The molecule has 0 saturated heterocycles. The fraction of sp³-hybridized carbons (Fsp3) is 0.471. The minimum Gasteiger partial charge on any atom is -0.508 e. The lowest BCUT2D eigenvalue weighted by Crippen LogP contribution is -2.46. The van der Waals surface area contributed by atoms with Crippen LogP contribution in [-0.4, -0.2) is 35.5 Å². The van der Waals surface area contributed by atoms with Crippen molar-refractivity contribution >= 4 is 17.8 Å². The monoisotopic (exact) mass is 349 g/mol. The molecule has 8 N–H and O–H groups in total. The SMILES string of the molecule is C[C@@H](CCCN=C(N)N)CC(=O)N[C@@H](Cc1ccc(O)cc1)C(N)=O. The second-order valence-corrected chi connectivity index (χ2v) is 6.15. The summed E-state index contributed by atoms with van der Waals surface area (Å²) in [5.74, 6) is -0.489. The number of nitrogens with two attached hydrogens (primary N) is 3. The molecule has 0 bridgehead atoms. The summed E-state index contributed by atoms with van der Waals surface area (Å²) in [5, 5.41) is 12.0. The maximum atomic E-state index is 12.1. The molecule has 138 valence electrons. The van der Waals surface area contributed by atoms with Gasteiger partial charge < -0.3 is 27.6 Å². The number of nitrogens with zero attached hydrogens (tertiary/aromatic N) is 1. The summed E-state index contributed by atoms with van der Waals surface area (Å²) in [6.45, 7) is 2.48. The Morgan fingerprint density at radius 1 is 1.20 bits per heavy atom. The second-order valence-electron chi connectivity index (χ2n) is 6.15. The highest BCUT2D eigenvalue weighted by Gasteiger charge is 2.19. The van der Waals surface area contributed by atoms with Crippen LogP contribution in [0, 0.1) is 5.92 Å². The number of hydrogen-bond acceptors (Lipinski definition) is 4. The van der Waals surface area contributed by atoms with E-state index in [1.807, 2.05) is 6.92 Å². The maximum Gasteiger partial charge on any atom is 0.240 e. The van der Waals surface area contributed by atoms with Crippen molar-refractivity contribution < 1.29 is 14.7 Å². The van der Waals surface area contributed by atoms with Crippen molar-refractivity contribution in [3.8, 4) is 5.75 Å². The van der Waals surface area contributed by atoms with E-state index < -0.39 is 11.9 Å². The van der Waals surface area contributed by atoms with Crippen LogP contribution in [0.5, 0.6) is 5.75 Å². The van der Waals surface area contributed by atoms with Gasteiger partial charge in [0.25, 0.3) is 0 Å². The fourth-order valence-corrected chi connectivity index (χ4v) is 2.41. The van der Waals surface area contributed by atoms with E-state index in [-0.39, 0.29) is 30.0 Å². The summed E-state index contributed by atoms with van der Waals surface area (Å²) in [5.41, 5.74) is 16.7. The van der Waals surface area contributed by atoms with E-state index in [0.29, 0.717) is 13.0 Å². The number of aromatic hydroxyl groups is 1. The van der Waals surface area contributed by atoms with Crippen LogP contribution >= 0.6 is 0 Å². The first-order valence-electron chi connectivity index (χ1n) is 8.20. The quantitative estimate of drug-likeness (QED) is 0.228. The molecule has 25 heavy (non-hydrogen) atoms. The Kier molecular flexibility index (Phi) is 8.25. The Hall–Kier alpha value is -2.77. The molecule has 8 heteroatoms. The van der Waals surface area contributed by atoms with Crippen molar-refractivity contribution in [1.82, 2.24) is 5.32 Å². The number of rotatable bonds is 10. The van der Waals surface area contributed by atoms with Gasteiger partial charge in [0, 0.05) is 19.4 Å². The fourth-order valence-electron chi connectivity index (χ4n) is 2.41. The van der Waals surface area contributed by atoms with Crippen molar-refractivity contribution in [1.29, 1.82) is 0 Å². The van der Waals surface area contributed by atoms with Gasteiger partial charge in [-0.25, -0.2) is 0 Å². The highest BCUT2D eigenvalue weighted by Crippen LogP contribution is 2.13. The Morgan fingerprint density at radius 3 is 2.40 bits per heavy atom. The van der Waals surface area contributed by atoms with E-state index in [4.69, 9.17) is 17.2 Å². The van der Waals surface area contributed by atoms with Gasteiger partial charge in [-0.15, -0.1) is 0 Å². The molecule has 0 unspecified atom stereocenters. The van der Waals surface area contributed by atoms with E-state index in [9.17, 15) is 14.7 Å². The van der Waals surface area contributed by atoms with Crippen molar-refractivity contribution in [2.45, 2.75) is 38.6 Å². The normalized spacial score (nSPS) is 12.8. The molecule has 0 fully saturated rings. The number of phenols is 1. The Bertz CT molecular complexity index is 597. The van der Waals surface area contributed by atoms with E-state index in [1.165, 1.54) is 12.1 Å². The van der Waals surface area contributed by atoms with Crippen LogP contribution in [0.1, 0.15) is 31.7 Å². The lowest BCUT2D eigenvalue weighted by molar-refractivity contribution is -0.127. The first-order valence-corrected chi connectivity index (χ1v) is 8.20. The summed E-state index contributed by atoms with van der Waals surface area (Å²) in [7, 11) is 0. The predicted octanol–water partition coefficient (Wildman–Crippen LogP) is -0.0154. The van der Waals surface area contributed by atoms with Crippen LogP contribution in [0.15, 0.2) is 29.3 Å². The third-order valence-electron chi connectivity index (χ3n) is 3.74. The molecule has 0 aliphatic rings. The van der Waals surface area contributed by atoms with Crippen molar-refractivity contribution in [2.24, 2.45) is 28.1 Å². The standard InChI is InChI=1S/C17H27N5O3/c1-11(3-2-8-21-17(19)20)9-15(24)22-14(16(18)25)10-12-4-6-13(23)7-5-12/h4-7,11,14,23H,2-3,8-10H2,1H3,(H2,18,25)(H,22,24)(H4,19,20,21)/t11-,14-/m0/s1. The van der Waals surface area contributed by atoms with Crippen LogP contribution in [-0.2, 0) is 16.0 Å². The molecule has 1 aromatic rings. The summed E-state index contributed by atoms with van der Waals surface area (Å²) in [4.78, 5) is 27.6. The predicted molar refractivity (Wildman–Crippen MR) is 96.6 cm³/mol. The number of hydrogen-bond donors (Lipinski definition) is 5. The minimum absolute atomic E-state index is 0.0592. The Balaban J connectivity index is 2.46. The summed E-state index contributed by atoms with van der Waals surface area (Å²) < 4.78 is 0. The zero-order chi connectivity index (χ0) is 18.8. The molecular weight excluding hydrogens is 322 g/mol. The smallest absolute Gasteiger partial charge is 0.240 e. The lowest BCUT2D eigenvalue weighted by atomic mass is 10.0. The molecule has 0 spiro atoms. The van der Waals surface area contributed by atoms with Crippen LogP contribution in [0.3, 0.4) is 0 Å². The molecule has 1 aromatic carbocycles. The van der Waals surface area contributed by atoms with Crippen molar-refractivity contribution in [2.75, 3.05) is 6.54 Å². The summed E-state index contributed by atoms with van der Waals surface area (Å²) in [6.07, 6.45) is 2.14. The van der Waals surface area contributed by atoms with Crippen molar-refractivity contribution in [3.63, 3.8) is 0 Å². The average Bonchev–Trinajstić information content (AvgIpc) is 2.52. The number of primary amides is 1. The average molecular weight is 349 g/mol. The largest absolute Gasteiger partial charge is 0.508 e. The number of carbonyl (C=O) groups excluding carboxylic acids is 2. The topological polar surface area (TPSA) is 157 Å². The second kappa shape index (κ2) is 10.2. The molecule has 2 atom stereocenters. The maximum absolute atomic E-state index is 12.1. The van der Waals surface area contributed by atoms with E-state index >= 15 is 0 Å². The highest BCUT2D eigenvalue weighted by atomic mass is 16.3. The highest BCUT2D eigenvalue weighted by molar-refractivity contribution is 5.86. The number of guanidine groups is 1. The zero-order valence-electron chi connectivity index (χ0n) is 14.4. The number of phenolic OH excluding ortho intramolecular Hbond substituents is 1. The van der Waals surface area contributed by atoms with Crippen LogP contribution < -0.4 is 22.5 Å². The zero-order valence-corrected chi connectivity index (χ0v) is 14.4. The molecule has 0 aliphatic heterocycles. The molecule has 0 saturated carbocycles. The summed E-state index contributed by atoms with van der Waals surface area (Å²) in [6, 6.07) is 5.63. The minimum atomic E-state index is -0.786. The molecule has 0 radical (unpaired) electrons. The van der Waals surface area contributed by atoms with Crippen LogP contribution in [0.25, 0.3) is 0 Å². The van der Waals surface area contributed by atoms with Gasteiger partial charge in [-0.1, -0.05) is 19.1 Å². The van der Waals surface area contributed by atoms with Crippen molar-refractivity contribution in [3.05, 3.63) is 29.8 Å². The Morgan fingerprint density at radius 2 is 1.84 bits per heavy atom. The van der Waals surface area contributed by atoms with E-state index in [2.05, 4.69) is 10.3 Å². The van der Waals surface area contributed by atoms with Gasteiger partial charge in [-0.3, -0.25) is 14.6 Å². The molecule has 1 rings (SSSR count). The molecule has 0 aliphatic carbocycles. The lowest BCUT2D eigenvalue weighted by Gasteiger charge is -2.17. The number of nitrogens with one attached hydrogen (secondary N) is 1. The number of benzene rings is 1. The molecule has 2 amide bonds. The summed E-state index contributed by atoms with van der Waals surface area (Å²) >= 11 is 0. The Labute approximate surface area is 147 Å². The third-order valence-corrected chi connectivity index (χ3v) is 3.74. The van der Waals surface area contributed by atoms with Crippen LogP contribution in [0.2, 0.25) is 0 Å². The van der Waals surface area contributed by atoms with Gasteiger partial charge in [-0.2, -0.15) is 0 Å². The number of amides is 2. The van der Waals surface area contributed by atoms with Gasteiger partial charge >= 0.3 is 0 Å². The van der Waals surface area contributed by atoms with Gasteiger partial charge in [0.2, 0.25) is 11.8 Å². The van der Waals surface area contributed by atoms with E-state index in [0.717, 1.165) is 18.4 Å². The van der Waals surface area contributed by atoms with Gasteiger partial charge in [0.05, 0.1) is 0 Å². The van der Waals surface area contributed by atoms with E-state index in [1.54, 1.807) is 12.1 Å². The molecule has 8 nitrogen and oxygen atoms in total. The van der Waals surface area contributed by atoms with Gasteiger partial charge in [-0.05, 0) is 36.5 Å². The molecular formula is C17H27N5O3.